The van der Waals surface area contributed by atoms with E-state index in [9.17, 15) is 9.59 Å². The second-order valence-electron chi connectivity index (χ2n) is 5.35. The summed E-state index contributed by atoms with van der Waals surface area (Å²) in [5, 5.41) is 11.5. The normalized spacial score (nSPS) is 13.1. The van der Waals surface area contributed by atoms with Crippen LogP contribution in [0.5, 0.6) is 0 Å². The largest absolute Gasteiger partial charge is 0.481 e. The van der Waals surface area contributed by atoms with Crippen molar-refractivity contribution in [2.75, 3.05) is 13.7 Å². The van der Waals surface area contributed by atoms with Crippen LogP contribution in [0, 0.1) is 5.92 Å². The standard InChI is InChI=1S/C14H27NO4/c1-5-6-11(7-8-12(16)17)9-10-15-13(18)14(2,3)19-4/h11H,5-10H2,1-4H3,(H,15,18)(H,16,17). The molecule has 5 nitrogen and oxygen atoms in total. The molecular formula is C14H27NO4. The molecule has 0 aliphatic rings. The summed E-state index contributed by atoms with van der Waals surface area (Å²) in [7, 11) is 1.51. The molecule has 1 unspecified atom stereocenters. The molecule has 0 spiro atoms. The molecule has 5 heteroatoms. The van der Waals surface area contributed by atoms with E-state index in [-0.39, 0.29) is 12.3 Å². The topological polar surface area (TPSA) is 75.6 Å². The third-order valence-electron chi connectivity index (χ3n) is 3.36. The van der Waals surface area contributed by atoms with Crippen molar-refractivity contribution in [2.45, 2.75) is 58.5 Å². The SMILES string of the molecule is CCCC(CCNC(=O)C(C)(C)OC)CCC(=O)O. The lowest BCUT2D eigenvalue weighted by atomic mass is 9.94. The van der Waals surface area contributed by atoms with Gasteiger partial charge in [0.1, 0.15) is 5.60 Å². The van der Waals surface area contributed by atoms with Crippen molar-refractivity contribution < 1.29 is 19.4 Å². The number of carbonyl (C=O) groups is 2. The summed E-state index contributed by atoms with van der Waals surface area (Å²) in [4.78, 5) is 22.3. The van der Waals surface area contributed by atoms with E-state index in [0.717, 1.165) is 19.3 Å². The van der Waals surface area contributed by atoms with Crippen molar-refractivity contribution in [2.24, 2.45) is 5.92 Å². The Morgan fingerprint density at radius 1 is 1.26 bits per heavy atom. The fourth-order valence-corrected chi connectivity index (χ4v) is 1.86. The maximum Gasteiger partial charge on any atom is 0.303 e. The molecule has 0 rings (SSSR count). The van der Waals surface area contributed by atoms with Crippen LogP contribution in [0.2, 0.25) is 0 Å². The molecule has 1 atom stereocenters. The molecule has 0 bridgehead atoms. The molecule has 0 radical (unpaired) electrons. The minimum atomic E-state index is -0.818. The minimum Gasteiger partial charge on any atom is -0.481 e. The lowest BCUT2D eigenvalue weighted by Crippen LogP contribution is -2.44. The summed E-state index contributed by atoms with van der Waals surface area (Å²) < 4.78 is 5.09. The summed E-state index contributed by atoms with van der Waals surface area (Å²) in [6, 6.07) is 0. The number of hydrogen-bond donors (Lipinski definition) is 2. The predicted molar refractivity (Wildman–Crippen MR) is 74.0 cm³/mol. The number of carboxylic acids is 1. The third kappa shape index (κ3) is 7.82. The van der Waals surface area contributed by atoms with Crippen molar-refractivity contribution in [1.82, 2.24) is 5.32 Å². The number of rotatable bonds is 10. The average molecular weight is 273 g/mol. The molecule has 1 amide bonds. The molecule has 2 N–H and O–H groups in total. The highest BCUT2D eigenvalue weighted by Gasteiger charge is 2.26. The molecule has 19 heavy (non-hydrogen) atoms. The Hall–Kier alpha value is -1.10. The van der Waals surface area contributed by atoms with E-state index in [2.05, 4.69) is 12.2 Å². The molecule has 0 aromatic rings. The number of aliphatic carboxylic acids is 1. The third-order valence-corrected chi connectivity index (χ3v) is 3.36. The highest BCUT2D eigenvalue weighted by molar-refractivity contribution is 5.84. The Bertz CT molecular complexity index is 289. The number of amides is 1. The first-order valence-corrected chi connectivity index (χ1v) is 6.88. The van der Waals surface area contributed by atoms with E-state index in [4.69, 9.17) is 9.84 Å². The maximum absolute atomic E-state index is 11.8. The number of methoxy groups -OCH3 is 1. The van der Waals surface area contributed by atoms with Gasteiger partial charge in [0, 0.05) is 20.1 Å². The highest BCUT2D eigenvalue weighted by Crippen LogP contribution is 2.17. The first-order valence-electron chi connectivity index (χ1n) is 6.88. The molecule has 0 aromatic heterocycles. The van der Waals surface area contributed by atoms with Crippen LogP contribution < -0.4 is 5.32 Å². The fourth-order valence-electron chi connectivity index (χ4n) is 1.86. The number of carbonyl (C=O) groups excluding carboxylic acids is 1. The van der Waals surface area contributed by atoms with E-state index in [1.165, 1.54) is 7.11 Å². The molecule has 0 fully saturated rings. The Kier molecular flexibility index (Phi) is 8.39. The van der Waals surface area contributed by atoms with Crippen molar-refractivity contribution >= 4 is 11.9 Å². The fraction of sp³-hybridized carbons (Fsp3) is 0.857. The van der Waals surface area contributed by atoms with Gasteiger partial charge in [-0.25, -0.2) is 0 Å². The lowest BCUT2D eigenvalue weighted by molar-refractivity contribution is -0.139. The number of carboxylic acid groups (broad SMARTS) is 1. The van der Waals surface area contributed by atoms with E-state index < -0.39 is 11.6 Å². The molecule has 0 saturated carbocycles. The molecule has 0 aliphatic heterocycles. The van der Waals surface area contributed by atoms with E-state index in [1.54, 1.807) is 13.8 Å². The monoisotopic (exact) mass is 273 g/mol. The Morgan fingerprint density at radius 3 is 2.37 bits per heavy atom. The number of ether oxygens (including phenoxy) is 1. The molecule has 112 valence electrons. The second kappa shape index (κ2) is 8.91. The summed E-state index contributed by atoms with van der Waals surface area (Å²) in [6.45, 7) is 6.09. The lowest BCUT2D eigenvalue weighted by Gasteiger charge is -2.22. The zero-order valence-electron chi connectivity index (χ0n) is 12.5. The van der Waals surface area contributed by atoms with Gasteiger partial charge < -0.3 is 15.2 Å². The second-order valence-corrected chi connectivity index (χ2v) is 5.35. The van der Waals surface area contributed by atoms with Gasteiger partial charge in [-0.3, -0.25) is 9.59 Å². The maximum atomic E-state index is 11.8. The quantitative estimate of drug-likeness (QED) is 0.640. The Labute approximate surface area is 115 Å². The van der Waals surface area contributed by atoms with Gasteiger partial charge in [-0.2, -0.15) is 0 Å². The van der Waals surface area contributed by atoms with Crippen LogP contribution in [0.4, 0.5) is 0 Å². The minimum absolute atomic E-state index is 0.136. The van der Waals surface area contributed by atoms with Crippen LogP contribution in [0.15, 0.2) is 0 Å². The van der Waals surface area contributed by atoms with Gasteiger partial charge in [-0.15, -0.1) is 0 Å². The molecule has 0 aliphatic carbocycles. The smallest absolute Gasteiger partial charge is 0.303 e. The van der Waals surface area contributed by atoms with Gasteiger partial charge >= 0.3 is 5.97 Å². The van der Waals surface area contributed by atoms with Crippen LogP contribution >= 0.6 is 0 Å². The number of hydrogen-bond acceptors (Lipinski definition) is 3. The van der Waals surface area contributed by atoms with Crippen molar-refractivity contribution in [3.8, 4) is 0 Å². The van der Waals surface area contributed by atoms with Crippen molar-refractivity contribution in [3.05, 3.63) is 0 Å². The van der Waals surface area contributed by atoms with E-state index >= 15 is 0 Å². The molecule has 0 aromatic carbocycles. The first-order chi connectivity index (χ1) is 8.83. The summed E-state index contributed by atoms with van der Waals surface area (Å²) in [5.41, 5.74) is -0.818. The van der Waals surface area contributed by atoms with Crippen LogP contribution in [0.3, 0.4) is 0 Å². The van der Waals surface area contributed by atoms with Gasteiger partial charge in [0.25, 0.3) is 5.91 Å². The van der Waals surface area contributed by atoms with E-state index in [1.807, 2.05) is 0 Å². The zero-order valence-corrected chi connectivity index (χ0v) is 12.5. The van der Waals surface area contributed by atoms with Gasteiger partial charge in [0.15, 0.2) is 0 Å². The van der Waals surface area contributed by atoms with Crippen LogP contribution in [0.25, 0.3) is 0 Å². The molecule has 0 heterocycles. The van der Waals surface area contributed by atoms with Gasteiger partial charge in [-0.1, -0.05) is 19.8 Å². The molecule has 0 saturated heterocycles. The highest BCUT2D eigenvalue weighted by atomic mass is 16.5. The van der Waals surface area contributed by atoms with Crippen molar-refractivity contribution in [3.63, 3.8) is 0 Å². The van der Waals surface area contributed by atoms with Gasteiger partial charge in [-0.05, 0) is 32.6 Å². The number of nitrogens with one attached hydrogen (secondary N) is 1. The Morgan fingerprint density at radius 2 is 1.89 bits per heavy atom. The average Bonchev–Trinajstić information content (AvgIpc) is 2.35. The van der Waals surface area contributed by atoms with E-state index in [0.29, 0.717) is 18.9 Å². The molecular weight excluding hydrogens is 246 g/mol. The predicted octanol–water partition coefficient (Wildman–Crippen LogP) is 2.20. The van der Waals surface area contributed by atoms with Gasteiger partial charge in [0.2, 0.25) is 0 Å². The first kappa shape index (κ1) is 17.9. The van der Waals surface area contributed by atoms with Crippen LogP contribution in [-0.4, -0.2) is 36.2 Å². The zero-order chi connectivity index (χ0) is 14.9. The van der Waals surface area contributed by atoms with Gasteiger partial charge in [0.05, 0.1) is 0 Å². The van der Waals surface area contributed by atoms with Crippen LogP contribution in [-0.2, 0) is 14.3 Å². The summed E-state index contributed by atoms with van der Waals surface area (Å²) in [5.74, 6) is -0.541. The summed E-state index contributed by atoms with van der Waals surface area (Å²) >= 11 is 0. The van der Waals surface area contributed by atoms with Crippen LogP contribution in [0.1, 0.15) is 52.9 Å². The Balaban J connectivity index is 4.05. The van der Waals surface area contributed by atoms with Crippen molar-refractivity contribution in [1.29, 1.82) is 0 Å². The summed E-state index contributed by atoms with van der Waals surface area (Å²) in [6.07, 6.45) is 3.71.